The highest BCUT2D eigenvalue weighted by Crippen LogP contribution is 2.27. The second-order valence-corrected chi connectivity index (χ2v) is 4.28. The molecule has 0 spiro atoms. The van der Waals surface area contributed by atoms with Crippen LogP contribution in [0.3, 0.4) is 0 Å². The van der Waals surface area contributed by atoms with Gasteiger partial charge in [0.2, 0.25) is 0 Å². The van der Waals surface area contributed by atoms with Gasteiger partial charge in [0.25, 0.3) is 0 Å². The molecule has 0 bridgehead atoms. The van der Waals surface area contributed by atoms with Crippen molar-refractivity contribution in [1.82, 2.24) is 0 Å². The van der Waals surface area contributed by atoms with Crippen molar-refractivity contribution in [2.45, 2.75) is 13.5 Å². The molecule has 13 heavy (non-hydrogen) atoms. The van der Waals surface area contributed by atoms with Crippen LogP contribution < -0.4 is 5.90 Å². The zero-order chi connectivity index (χ0) is 9.26. The highest BCUT2D eigenvalue weighted by molar-refractivity contribution is 7.19. The second kappa shape index (κ2) is 3.46. The Hall–Kier alpha value is -0.900. The van der Waals surface area contributed by atoms with Crippen molar-refractivity contribution in [3.63, 3.8) is 0 Å². The molecule has 1 aromatic heterocycles. The van der Waals surface area contributed by atoms with Crippen molar-refractivity contribution < 1.29 is 4.84 Å². The lowest BCUT2D eigenvalue weighted by molar-refractivity contribution is 0.125. The molecule has 0 aliphatic rings. The Labute approximate surface area is 80.9 Å². The van der Waals surface area contributed by atoms with Gasteiger partial charge in [-0.3, -0.25) is 4.84 Å². The van der Waals surface area contributed by atoms with Crippen molar-refractivity contribution in [2.75, 3.05) is 0 Å². The average molecular weight is 193 g/mol. The van der Waals surface area contributed by atoms with E-state index < -0.39 is 0 Å². The lowest BCUT2D eigenvalue weighted by Gasteiger charge is -1.99. The van der Waals surface area contributed by atoms with Crippen LogP contribution >= 0.6 is 11.3 Å². The molecule has 1 aromatic carbocycles. The fourth-order valence-corrected chi connectivity index (χ4v) is 2.43. The molecule has 2 rings (SSSR count). The summed E-state index contributed by atoms with van der Waals surface area (Å²) < 4.78 is 1.30. The number of fused-ring (bicyclic) bond motifs is 1. The molecule has 0 atom stereocenters. The minimum Gasteiger partial charge on any atom is -0.300 e. The molecular weight excluding hydrogens is 182 g/mol. The van der Waals surface area contributed by atoms with Crippen molar-refractivity contribution in [3.8, 4) is 0 Å². The Morgan fingerprint density at radius 1 is 1.46 bits per heavy atom. The number of hydrogen-bond acceptors (Lipinski definition) is 3. The minimum absolute atomic E-state index is 0.480. The highest BCUT2D eigenvalue weighted by atomic mass is 32.1. The van der Waals surface area contributed by atoms with Crippen LogP contribution in [0, 0.1) is 6.92 Å². The molecule has 3 heteroatoms. The van der Waals surface area contributed by atoms with E-state index in [1.807, 2.05) is 12.1 Å². The number of nitrogens with two attached hydrogens (primary N) is 1. The first kappa shape index (κ1) is 8.69. The number of hydrogen-bond donors (Lipinski definition) is 1. The average Bonchev–Trinajstić information content (AvgIpc) is 2.47. The van der Waals surface area contributed by atoms with E-state index in [4.69, 9.17) is 5.90 Å². The van der Waals surface area contributed by atoms with E-state index in [1.54, 1.807) is 11.3 Å². The fraction of sp³-hybridized carbons (Fsp3) is 0.200. The third kappa shape index (κ3) is 1.58. The van der Waals surface area contributed by atoms with Gasteiger partial charge in [0.05, 0.1) is 6.61 Å². The first-order valence-corrected chi connectivity index (χ1v) is 4.92. The third-order valence-corrected chi connectivity index (χ3v) is 3.03. The van der Waals surface area contributed by atoms with Gasteiger partial charge >= 0.3 is 0 Å². The van der Waals surface area contributed by atoms with Crippen LogP contribution in [0.4, 0.5) is 0 Å². The largest absolute Gasteiger partial charge is 0.300 e. The van der Waals surface area contributed by atoms with Gasteiger partial charge in [-0.2, -0.15) is 0 Å². The molecule has 1 heterocycles. The van der Waals surface area contributed by atoms with Crippen LogP contribution in [-0.2, 0) is 11.4 Å². The summed E-state index contributed by atoms with van der Waals surface area (Å²) in [4.78, 5) is 5.97. The van der Waals surface area contributed by atoms with E-state index >= 15 is 0 Å². The molecule has 0 unspecified atom stereocenters. The summed E-state index contributed by atoms with van der Waals surface area (Å²) in [7, 11) is 0. The second-order valence-electron chi connectivity index (χ2n) is 3.00. The quantitative estimate of drug-likeness (QED) is 0.744. The highest BCUT2D eigenvalue weighted by Gasteiger charge is 2.02. The Morgan fingerprint density at radius 2 is 2.31 bits per heavy atom. The summed E-state index contributed by atoms with van der Waals surface area (Å²) in [5.41, 5.74) is 1.16. The Balaban J connectivity index is 2.60. The van der Waals surface area contributed by atoms with E-state index in [1.165, 1.54) is 15.0 Å². The van der Waals surface area contributed by atoms with Crippen molar-refractivity contribution in [1.29, 1.82) is 0 Å². The predicted molar refractivity (Wildman–Crippen MR) is 55.5 cm³/mol. The van der Waals surface area contributed by atoms with Crippen LogP contribution in [0.5, 0.6) is 0 Å². The van der Waals surface area contributed by atoms with Crippen LogP contribution in [0.25, 0.3) is 10.1 Å². The van der Waals surface area contributed by atoms with E-state index in [9.17, 15) is 0 Å². The monoisotopic (exact) mass is 193 g/mol. The fourth-order valence-electron chi connectivity index (χ4n) is 1.46. The lowest BCUT2D eigenvalue weighted by atomic mass is 10.1. The summed E-state index contributed by atoms with van der Waals surface area (Å²) in [5.74, 6) is 5.06. The van der Waals surface area contributed by atoms with E-state index in [0.29, 0.717) is 6.61 Å². The van der Waals surface area contributed by atoms with Crippen LogP contribution in [0.15, 0.2) is 24.3 Å². The maximum absolute atomic E-state index is 5.06. The lowest BCUT2D eigenvalue weighted by Crippen LogP contribution is -1.98. The SMILES string of the molecule is Cc1cc2c(CON)cccc2s1. The number of benzene rings is 1. The third-order valence-electron chi connectivity index (χ3n) is 2.01. The zero-order valence-electron chi connectivity index (χ0n) is 7.41. The van der Waals surface area contributed by atoms with Gasteiger partial charge < -0.3 is 0 Å². The van der Waals surface area contributed by atoms with Gasteiger partial charge in [-0.25, -0.2) is 5.90 Å². The van der Waals surface area contributed by atoms with Crippen molar-refractivity contribution in [2.24, 2.45) is 5.90 Å². The van der Waals surface area contributed by atoms with Gasteiger partial charge in [0, 0.05) is 9.58 Å². The van der Waals surface area contributed by atoms with Gasteiger partial charge in [-0.15, -0.1) is 11.3 Å². The molecule has 0 aliphatic heterocycles. The van der Waals surface area contributed by atoms with Crippen LogP contribution in [0.1, 0.15) is 10.4 Å². The standard InChI is InChI=1S/C10H11NOS/c1-7-5-9-8(6-12-11)3-2-4-10(9)13-7/h2-5H,6,11H2,1H3. The number of aryl methyl sites for hydroxylation is 1. The first-order valence-electron chi connectivity index (χ1n) is 4.11. The maximum Gasteiger partial charge on any atom is 0.0936 e. The molecule has 0 saturated carbocycles. The summed E-state index contributed by atoms with van der Waals surface area (Å²) in [6.07, 6.45) is 0. The Bertz CT molecular complexity index is 422. The summed E-state index contributed by atoms with van der Waals surface area (Å²) >= 11 is 1.80. The molecule has 0 fully saturated rings. The molecule has 0 aliphatic carbocycles. The Morgan fingerprint density at radius 3 is 3.08 bits per heavy atom. The van der Waals surface area contributed by atoms with Gasteiger partial charge in [0.1, 0.15) is 0 Å². The van der Waals surface area contributed by atoms with Crippen molar-refractivity contribution >= 4 is 21.4 Å². The molecule has 0 saturated heterocycles. The smallest absolute Gasteiger partial charge is 0.0936 e. The van der Waals surface area contributed by atoms with Crippen LogP contribution in [-0.4, -0.2) is 0 Å². The summed E-state index contributed by atoms with van der Waals surface area (Å²) in [6.45, 7) is 2.59. The van der Waals surface area contributed by atoms with Gasteiger partial charge in [0.15, 0.2) is 0 Å². The molecule has 68 valence electrons. The minimum atomic E-state index is 0.480. The molecular formula is C10H11NOS. The zero-order valence-corrected chi connectivity index (χ0v) is 8.23. The van der Waals surface area contributed by atoms with Crippen molar-refractivity contribution in [3.05, 3.63) is 34.7 Å². The molecule has 0 radical (unpaired) electrons. The number of thiophene rings is 1. The van der Waals surface area contributed by atoms with Gasteiger partial charge in [-0.05, 0) is 30.0 Å². The van der Waals surface area contributed by atoms with E-state index in [2.05, 4.69) is 23.9 Å². The Kier molecular flexibility index (Phi) is 2.31. The molecule has 0 amide bonds. The number of rotatable bonds is 2. The van der Waals surface area contributed by atoms with E-state index in [-0.39, 0.29) is 0 Å². The molecule has 2 N–H and O–H groups in total. The predicted octanol–water partition coefficient (Wildman–Crippen LogP) is 2.60. The summed E-state index contributed by atoms with van der Waals surface area (Å²) in [6, 6.07) is 8.37. The topological polar surface area (TPSA) is 35.2 Å². The maximum atomic E-state index is 5.06. The first-order chi connectivity index (χ1) is 6.31. The molecule has 2 aromatic rings. The van der Waals surface area contributed by atoms with Gasteiger partial charge in [-0.1, -0.05) is 12.1 Å². The summed E-state index contributed by atoms with van der Waals surface area (Å²) in [5, 5.41) is 1.26. The van der Waals surface area contributed by atoms with E-state index in [0.717, 1.165) is 5.56 Å². The van der Waals surface area contributed by atoms with Crippen LogP contribution in [0.2, 0.25) is 0 Å². The normalized spacial score (nSPS) is 10.9. The molecule has 2 nitrogen and oxygen atoms in total.